The molecule has 0 aromatic heterocycles. The van der Waals surface area contributed by atoms with Crippen molar-refractivity contribution in [3.05, 3.63) is 89.5 Å². The predicted octanol–water partition coefficient (Wildman–Crippen LogP) is 4.44. The lowest BCUT2D eigenvalue weighted by Crippen LogP contribution is -1.98. The van der Waals surface area contributed by atoms with Crippen molar-refractivity contribution in [1.29, 1.82) is 0 Å². The molecule has 3 aromatic carbocycles. The molecule has 0 fully saturated rings. The largest absolute Gasteiger partial charge is 0.489 e. The Bertz CT molecular complexity index is 918. The second-order valence-corrected chi connectivity index (χ2v) is 6.39. The van der Waals surface area contributed by atoms with E-state index in [1.165, 1.54) is 0 Å². The SMILES string of the molecule is O=C(O)CCc1cccc(-c2cccc(OCc3cccc(CO)c3)c2)c1. The molecule has 27 heavy (non-hydrogen) atoms. The Hall–Kier alpha value is -3.11. The maximum atomic E-state index is 10.8. The third-order valence-corrected chi connectivity index (χ3v) is 4.30. The smallest absolute Gasteiger partial charge is 0.303 e. The van der Waals surface area contributed by atoms with Crippen LogP contribution in [-0.4, -0.2) is 16.2 Å². The van der Waals surface area contributed by atoms with Crippen LogP contribution in [0.1, 0.15) is 23.1 Å². The van der Waals surface area contributed by atoms with E-state index in [1.807, 2.05) is 72.8 Å². The molecule has 0 aliphatic rings. The van der Waals surface area contributed by atoms with Crippen LogP contribution >= 0.6 is 0 Å². The summed E-state index contributed by atoms with van der Waals surface area (Å²) < 4.78 is 5.90. The second kappa shape index (κ2) is 9.01. The van der Waals surface area contributed by atoms with Crippen LogP contribution in [0.5, 0.6) is 5.75 Å². The van der Waals surface area contributed by atoms with Gasteiger partial charge in [-0.05, 0) is 46.4 Å². The van der Waals surface area contributed by atoms with Crippen molar-refractivity contribution in [1.82, 2.24) is 0 Å². The first-order chi connectivity index (χ1) is 13.1. The number of hydrogen-bond acceptors (Lipinski definition) is 3. The molecule has 3 aromatic rings. The van der Waals surface area contributed by atoms with Crippen molar-refractivity contribution in [3.63, 3.8) is 0 Å². The zero-order chi connectivity index (χ0) is 19.1. The topological polar surface area (TPSA) is 66.8 Å². The second-order valence-electron chi connectivity index (χ2n) is 6.39. The van der Waals surface area contributed by atoms with E-state index in [1.54, 1.807) is 0 Å². The summed E-state index contributed by atoms with van der Waals surface area (Å²) in [7, 11) is 0. The van der Waals surface area contributed by atoms with Crippen LogP contribution in [0.4, 0.5) is 0 Å². The van der Waals surface area contributed by atoms with Gasteiger partial charge in [0.2, 0.25) is 0 Å². The van der Waals surface area contributed by atoms with Gasteiger partial charge in [-0.3, -0.25) is 4.79 Å². The maximum Gasteiger partial charge on any atom is 0.303 e. The Kier molecular flexibility index (Phi) is 6.23. The first-order valence-corrected chi connectivity index (χ1v) is 8.87. The van der Waals surface area contributed by atoms with Crippen LogP contribution in [0.2, 0.25) is 0 Å². The predicted molar refractivity (Wildman–Crippen MR) is 105 cm³/mol. The van der Waals surface area contributed by atoms with Crippen LogP contribution in [0.3, 0.4) is 0 Å². The van der Waals surface area contributed by atoms with E-state index in [2.05, 4.69) is 0 Å². The monoisotopic (exact) mass is 362 g/mol. The first-order valence-electron chi connectivity index (χ1n) is 8.87. The number of aliphatic hydroxyl groups is 1. The molecule has 4 nitrogen and oxygen atoms in total. The van der Waals surface area contributed by atoms with Gasteiger partial charge in [0.25, 0.3) is 0 Å². The lowest BCUT2D eigenvalue weighted by Gasteiger charge is -2.10. The van der Waals surface area contributed by atoms with Gasteiger partial charge in [0.1, 0.15) is 12.4 Å². The van der Waals surface area contributed by atoms with Gasteiger partial charge in [-0.25, -0.2) is 0 Å². The zero-order valence-electron chi connectivity index (χ0n) is 15.0. The number of hydrogen-bond donors (Lipinski definition) is 2. The van der Waals surface area contributed by atoms with Crippen LogP contribution in [0, 0.1) is 0 Å². The summed E-state index contributed by atoms with van der Waals surface area (Å²) in [5, 5.41) is 18.1. The summed E-state index contributed by atoms with van der Waals surface area (Å²) in [5.74, 6) is -0.0288. The molecule has 0 saturated carbocycles. The number of aliphatic carboxylic acids is 1. The average molecular weight is 362 g/mol. The highest BCUT2D eigenvalue weighted by atomic mass is 16.5. The minimum atomic E-state index is -0.791. The number of benzene rings is 3. The number of carboxylic acids is 1. The van der Waals surface area contributed by atoms with E-state index < -0.39 is 5.97 Å². The van der Waals surface area contributed by atoms with Gasteiger partial charge >= 0.3 is 5.97 Å². The van der Waals surface area contributed by atoms with Crippen molar-refractivity contribution >= 4 is 5.97 Å². The van der Waals surface area contributed by atoms with Gasteiger partial charge in [-0.15, -0.1) is 0 Å². The number of carbonyl (C=O) groups is 1. The van der Waals surface area contributed by atoms with Crippen LogP contribution in [0.15, 0.2) is 72.8 Å². The summed E-state index contributed by atoms with van der Waals surface area (Å²) in [4.78, 5) is 10.8. The Labute approximate surface area is 158 Å². The molecule has 0 unspecified atom stereocenters. The number of rotatable bonds is 8. The highest BCUT2D eigenvalue weighted by Gasteiger charge is 2.04. The molecule has 2 N–H and O–H groups in total. The molecule has 0 saturated heterocycles. The van der Waals surface area contributed by atoms with Crippen molar-refractivity contribution in [3.8, 4) is 16.9 Å². The molecule has 3 rings (SSSR count). The van der Waals surface area contributed by atoms with Crippen molar-refractivity contribution in [2.75, 3.05) is 0 Å². The molecule has 0 amide bonds. The molecule has 4 heteroatoms. The summed E-state index contributed by atoms with van der Waals surface area (Å²) in [5.41, 5.74) is 4.92. The van der Waals surface area contributed by atoms with Crippen LogP contribution in [0.25, 0.3) is 11.1 Å². The minimum absolute atomic E-state index is 0.0154. The molecule has 0 aliphatic heterocycles. The number of ether oxygens (including phenoxy) is 1. The van der Waals surface area contributed by atoms with Crippen LogP contribution < -0.4 is 4.74 Å². The Morgan fingerprint density at radius 2 is 1.48 bits per heavy atom. The Morgan fingerprint density at radius 1 is 0.815 bits per heavy atom. The van der Waals surface area contributed by atoms with E-state index in [9.17, 15) is 9.90 Å². The highest BCUT2D eigenvalue weighted by Crippen LogP contribution is 2.25. The zero-order valence-corrected chi connectivity index (χ0v) is 15.0. The van der Waals surface area contributed by atoms with E-state index in [0.717, 1.165) is 33.6 Å². The van der Waals surface area contributed by atoms with Gasteiger partial charge < -0.3 is 14.9 Å². The summed E-state index contributed by atoms with van der Waals surface area (Å²) in [6.07, 6.45) is 0.639. The molecule has 0 atom stereocenters. The van der Waals surface area contributed by atoms with Gasteiger partial charge in [0.15, 0.2) is 0 Å². The van der Waals surface area contributed by atoms with Crippen molar-refractivity contribution < 1.29 is 19.7 Å². The van der Waals surface area contributed by atoms with Gasteiger partial charge in [0.05, 0.1) is 6.61 Å². The molecule has 0 spiro atoms. The standard InChI is InChI=1S/C23H22O4/c24-15-18-5-1-6-19(12-18)16-27-22-9-3-8-21(14-22)20-7-2-4-17(13-20)10-11-23(25)26/h1-9,12-14,24H,10-11,15-16H2,(H,25,26). The molecule has 138 valence electrons. The fraction of sp³-hybridized carbons (Fsp3) is 0.174. The summed E-state index contributed by atoms with van der Waals surface area (Å²) in [6.45, 7) is 0.442. The fourth-order valence-electron chi connectivity index (χ4n) is 2.91. The maximum absolute atomic E-state index is 10.8. The number of carboxylic acid groups (broad SMARTS) is 1. The highest BCUT2D eigenvalue weighted by molar-refractivity contribution is 5.68. The Balaban J connectivity index is 1.71. The van der Waals surface area contributed by atoms with E-state index in [0.29, 0.717) is 13.0 Å². The van der Waals surface area contributed by atoms with Gasteiger partial charge in [-0.2, -0.15) is 0 Å². The average Bonchev–Trinajstić information content (AvgIpc) is 2.71. The lowest BCUT2D eigenvalue weighted by atomic mass is 10.0. The quantitative estimate of drug-likeness (QED) is 0.622. The Morgan fingerprint density at radius 3 is 2.26 bits per heavy atom. The fourth-order valence-corrected chi connectivity index (χ4v) is 2.91. The molecule has 0 heterocycles. The first kappa shape index (κ1) is 18.7. The third-order valence-electron chi connectivity index (χ3n) is 4.30. The summed E-state index contributed by atoms with van der Waals surface area (Å²) >= 11 is 0. The normalized spacial score (nSPS) is 10.6. The lowest BCUT2D eigenvalue weighted by molar-refractivity contribution is -0.136. The molecule has 0 bridgehead atoms. The minimum Gasteiger partial charge on any atom is -0.489 e. The van der Waals surface area contributed by atoms with E-state index in [4.69, 9.17) is 9.84 Å². The summed E-state index contributed by atoms with van der Waals surface area (Å²) in [6, 6.07) is 23.4. The van der Waals surface area contributed by atoms with E-state index >= 15 is 0 Å². The third kappa shape index (κ3) is 5.43. The van der Waals surface area contributed by atoms with Crippen molar-refractivity contribution in [2.45, 2.75) is 26.1 Å². The van der Waals surface area contributed by atoms with Gasteiger partial charge in [0, 0.05) is 6.42 Å². The van der Waals surface area contributed by atoms with Gasteiger partial charge in [-0.1, -0.05) is 60.7 Å². The molecule has 0 radical (unpaired) electrons. The van der Waals surface area contributed by atoms with E-state index in [-0.39, 0.29) is 13.0 Å². The number of aryl methyl sites for hydroxylation is 1. The molecule has 0 aliphatic carbocycles. The molecular weight excluding hydrogens is 340 g/mol. The number of aliphatic hydroxyl groups excluding tert-OH is 1. The van der Waals surface area contributed by atoms with Crippen molar-refractivity contribution in [2.24, 2.45) is 0 Å². The molecular formula is C23H22O4. The van der Waals surface area contributed by atoms with Crippen LogP contribution in [-0.2, 0) is 24.4 Å².